The van der Waals surface area contributed by atoms with Crippen LogP contribution in [0, 0.1) is 0 Å². The maximum atomic E-state index is 12.2. The molecule has 0 saturated carbocycles. The van der Waals surface area contributed by atoms with Crippen LogP contribution in [0.15, 0.2) is 18.2 Å². The van der Waals surface area contributed by atoms with Crippen molar-refractivity contribution >= 4 is 5.91 Å². The van der Waals surface area contributed by atoms with E-state index >= 15 is 0 Å². The lowest BCUT2D eigenvalue weighted by atomic mass is 10.1. The first-order valence-electron chi connectivity index (χ1n) is 5.56. The van der Waals surface area contributed by atoms with Gasteiger partial charge >= 0.3 is 12.1 Å². The molecule has 0 fully saturated rings. The molecule has 7 heteroatoms. The van der Waals surface area contributed by atoms with Gasteiger partial charge in [-0.3, -0.25) is 4.79 Å². The number of fused-ring (bicyclic) bond motifs is 1. The van der Waals surface area contributed by atoms with Gasteiger partial charge in [0.25, 0.3) is 0 Å². The number of amides is 1. The Kier molecular flexibility index (Phi) is 3.40. The topological polar surface area (TPSA) is 58.6 Å². The van der Waals surface area contributed by atoms with E-state index in [0.29, 0.717) is 16.9 Å². The van der Waals surface area contributed by atoms with Crippen molar-refractivity contribution in [3.05, 3.63) is 29.3 Å². The molecule has 1 aliphatic carbocycles. The minimum absolute atomic E-state index is 0.0182. The maximum Gasteiger partial charge on any atom is 0.471 e. The van der Waals surface area contributed by atoms with Gasteiger partial charge in [-0.15, -0.1) is 0 Å². The molecule has 2 rings (SSSR count). The van der Waals surface area contributed by atoms with Crippen molar-refractivity contribution in [2.75, 3.05) is 7.11 Å². The Morgan fingerprint density at radius 2 is 2.11 bits per heavy atom. The summed E-state index contributed by atoms with van der Waals surface area (Å²) >= 11 is 0. The minimum Gasteiger partial charge on any atom is -0.497 e. The second kappa shape index (κ2) is 4.73. The van der Waals surface area contributed by atoms with E-state index < -0.39 is 24.2 Å². The van der Waals surface area contributed by atoms with Gasteiger partial charge in [-0.1, -0.05) is 6.07 Å². The number of halogens is 3. The van der Waals surface area contributed by atoms with Gasteiger partial charge in [-0.2, -0.15) is 13.2 Å². The van der Waals surface area contributed by atoms with Crippen molar-refractivity contribution in [3.63, 3.8) is 0 Å². The highest BCUT2D eigenvalue weighted by atomic mass is 19.4. The number of hydrogen-bond donors (Lipinski definition) is 2. The van der Waals surface area contributed by atoms with E-state index in [-0.39, 0.29) is 6.42 Å². The van der Waals surface area contributed by atoms with Crippen LogP contribution in [0.5, 0.6) is 5.75 Å². The molecule has 1 aliphatic rings. The lowest BCUT2D eigenvalue weighted by Crippen LogP contribution is -2.38. The zero-order valence-electron chi connectivity index (χ0n) is 9.99. The fourth-order valence-electron chi connectivity index (χ4n) is 2.14. The van der Waals surface area contributed by atoms with Gasteiger partial charge in [-0.05, 0) is 23.3 Å². The first kappa shape index (κ1) is 13.7. The summed E-state index contributed by atoms with van der Waals surface area (Å²) in [6.07, 6.45) is -5.81. The molecule has 0 spiro atoms. The summed E-state index contributed by atoms with van der Waals surface area (Å²) < 4.78 is 41.6. The van der Waals surface area contributed by atoms with Crippen molar-refractivity contribution in [2.45, 2.75) is 24.7 Å². The fourth-order valence-corrected chi connectivity index (χ4v) is 2.14. The Labute approximate surface area is 107 Å². The summed E-state index contributed by atoms with van der Waals surface area (Å²) in [5.74, 6) is -1.56. The number of hydrogen-bond acceptors (Lipinski definition) is 3. The number of aliphatic hydroxyl groups excluding tert-OH is 1. The van der Waals surface area contributed by atoms with Crippen LogP contribution in [-0.4, -0.2) is 24.3 Å². The zero-order valence-corrected chi connectivity index (χ0v) is 9.99. The van der Waals surface area contributed by atoms with Gasteiger partial charge in [0.1, 0.15) is 5.75 Å². The molecule has 1 amide bonds. The van der Waals surface area contributed by atoms with Crippen LogP contribution >= 0.6 is 0 Å². The van der Waals surface area contributed by atoms with E-state index in [1.165, 1.54) is 13.2 Å². The second-order valence-electron chi connectivity index (χ2n) is 4.27. The Morgan fingerprint density at radius 3 is 2.68 bits per heavy atom. The number of benzene rings is 1. The summed E-state index contributed by atoms with van der Waals surface area (Å²) in [6.45, 7) is 0. The van der Waals surface area contributed by atoms with Gasteiger partial charge in [-0.25, -0.2) is 0 Å². The molecule has 19 heavy (non-hydrogen) atoms. The largest absolute Gasteiger partial charge is 0.497 e. The van der Waals surface area contributed by atoms with E-state index in [2.05, 4.69) is 0 Å². The van der Waals surface area contributed by atoms with Crippen LogP contribution in [-0.2, 0) is 4.79 Å². The Bertz CT molecular complexity index is 501. The molecule has 1 aromatic rings. The van der Waals surface area contributed by atoms with Crippen LogP contribution in [0.1, 0.15) is 29.7 Å². The lowest BCUT2D eigenvalue weighted by Gasteiger charge is -2.15. The summed E-state index contributed by atoms with van der Waals surface area (Å²) in [5.41, 5.74) is 0.956. The van der Waals surface area contributed by atoms with E-state index in [9.17, 15) is 23.1 Å². The number of alkyl halides is 3. The molecule has 4 nitrogen and oxygen atoms in total. The summed E-state index contributed by atoms with van der Waals surface area (Å²) in [5, 5.41) is 11.6. The molecule has 0 saturated heterocycles. The summed E-state index contributed by atoms with van der Waals surface area (Å²) in [6, 6.07) is 3.84. The molecular weight excluding hydrogens is 263 g/mol. The molecule has 0 heterocycles. The number of rotatable bonds is 2. The molecule has 0 bridgehead atoms. The van der Waals surface area contributed by atoms with E-state index in [1.54, 1.807) is 12.1 Å². The number of carbonyl (C=O) groups is 1. The normalized spacial score (nSPS) is 21.9. The van der Waals surface area contributed by atoms with E-state index in [4.69, 9.17) is 4.74 Å². The number of carbonyl (C=O) groups excluding carboxylic acids is 1. The summed E-state index contributed by atoms with van der Waals surface area (Å²) in [7, 11) is 1.43. The molecule has 0 aromatic heterocycles. The quantitative estimate of drug-likeness (QED) is 0.866. The Balaban J connectivity index is 2.25. The standard InChI is InChI=1S/C12H12F3NO3/c1-19-6-2-3-7-8(4-6)9(5-10(7)17)16-11(18)12(13,14)15/h2-4,9-10,17H,5H2,1H3,(H,16,18). The van der Waals surface area contributed by atoms with Gasteiger partial charge in [0.05, 0.1) is 19.3 Å². The van der Waals surface area contributed by atoms with Crippen molar-refractivity contribution in [1.29, 1.82) is 0 Å². The van der Waals surface area contributed by atoms with Gasteiger partial charge in [0, 0.05) is 6.42 Å². The van der Waals surface area contributed by atoms with Crippen molar-refractivity contribution in [2.24, 2.45) is 0 Å². The van der Waals surface area contributed by atoms with Gasteiger partial charge in [0.2, 0.25) is 0 Å². The molecule has 0 radical (unpaired) electrons. The Hall–Kier alpha value is -1.76. The number of aliphatic hydroxyl groups is 1. The number of methoxy groups -OCH3 is 1. The van der Waals surface area contributed by atoms with Crippen LogP contribution in [0.2, 0.25) is 0 Å². The maximum absolute atomic E-state index is 12.2. The number of ether oxygens (including phenoxy) is 1. The van der Waals surface area contributed by atoms with E-state index in [1.807, 2.05) is 5.32 Å². The third-order valence-electron chi connectivity index (χ3n) is 3.05. The van der Waals surface area contributed by atoms with Crippen molar-refractivity contribution in [3.8, 4) is 5.75 Å². The third-order valence-corrected chi connectivity index (χ3v) is 3.05. The average molecular weight is 275 g/mol. The predicted octanol–water partition coefficient (Wildman–Crippen LogP) is 1.85. The third kappa shape index (κ3) is 2.65. The first-order chi connectivity index (χ1) is 8.82. The summed E-state index contributed by atoms with van der Waals surface area (Å²) in [4.78, 5) is 10.9. The van der Waals surface area contributed by atoms with E-state index in [0.717, 1.165) is 0 Å². The zero-order chi connectivity index (χ0) is 14.2. The van der Waals surface area contributed by atoms with Crippen molar-refractivity contribution < 1.29 is 27.8 Å². The minimum atomic E-state index is -4.94. The second-order valence-corrected chi connectivity index (χ2v) is 4.27. The smallest absolute Gasteiger partial charge is 0.471 e. The molecular formula is C12H12F3NO3. The molecule has 104 valence electrons. The van der Waals surface area contributed by atoms with Gasteiger partial charge in [0.15, 0.2) is 0 Å². The molecule has 2 N–H and O–H groups in total. The SMILES string of the molecule is COc1ccc2c(c1)C(NC(=O)C(F)(F)F)CC2O. The van der Waals surface area contributed by atoms with Gasteiger partial charge < -0.3 is 15.2 Å². The fraction of sp³-hybridized carbons (Fsp3) is 0.417. The highest BCUT2D eigenvalue weighted by Gasteiger charge is 2.42. The van der Waals surface area contributed by atoms with Crippen molar-refractivity contribution in [1.82, 2.24) is 5.32 Å². The van der Waals surface area contributed by atoms with Crippen LogP contribution < -0.4 is 10.1 Å². The Morgan fingerprint density at radius 1 is 1.42 bits per heavy atom. The monoisotopic (exact) mass is 275 g/mol. The molecule has 2 unspecified atom stereocenters. The highest BCUT2D eigenvalue weighted by Crippen LogP contribution is 2.40. The predicted molar refractivity (Wildman–Crippen MR) is 59.5 cm³/mol. The van der Waals surface area contributed by atoms with Crippen LogP contribution in [0.25, 0.3) is 0 Å². The molecule has 1 aromatic carbocycles. The van der Waals surface area contributed by atoms with Crippen LogP contribution in [0.4, 0.5) is 13.2 Å². The molecule has 2 atom stereocenters. The average Bonchev–Trinajstić information content (AvgIpc) is 2.64. The van der Waals surface area contributed by atoms with Crippen LogP contribution in [0.3, 0.4) is 0 Å². The first-order valence-corrected chi connectivity index (χ1v) is 5.56. The molecule has 0 aliphatic heterocycles. The number of nitrogens with one attached hydrogen (secondary N) is 1. The lowest BCUT2D eigenvalue weighted by molar-refractivity contribution is -0.174. The highest BCUT2D eigenvalue weighted by molar-refractivity contribution is 5.82.